The molecule has 1 N–H and O–H groups in total. The van der Waals surface area contributed by atoms with Gasteiger partial charge in [0, 0.05) is 11.4 Å². The molecule has 23 heavy (non-hydrogen) atoms. The molecule has 0 aliphatic heterocycles. The number of thiazole rings is 1. The van der Waals surface area contributed by atoms with Gasteiger partial charge < -0.3 is 10.1 Å². The smallest absolute Gasteiger partial charge is 0.316 e. The minimum absolute atomic E-state index is 0.00451. The lowest BCUT2D eigenvalue weighted by Crippen LogP contribution is -2.39. The van der Waals surface area contributed by atoms with Crippen LogP contribution in [0.2, 0.25) is 0 Å². The van der Waals surface area contributed by atoms with Gasteiger partial charge in [0.1, 0.15) is 11.8 Å². The molecule has 2 aromatic rings. The number of nitrogens with zero attached hydrogens (tertiary/aromatic N) is 3. The summed E-state index contributed by atoms with van der Waals surface area (Å²) in [6, 6.07) is 0.315. The fraction of sp³-hybridized carbons (Fsp3) is 0.467. The largest absolute Gasteiger partial charge is 0.460 e. The highest BCUT2D eigenvalue weighted by Crippen LogP contribution is 2.22. The molecule has 2 aromatic heterocycles. The molecule has 8 heteroatoms. The van der Waals surface area contributed by atoms with E-state index < -0.39 is 5.82 Å². The number of nitrogens with one attached hydrogen (secondary N) is 1. The highest BCUT2D eigenvalue weighted by atomic mass is 32.1. The van der Waals surface area contributed by atoms with Crippen LogP contribution in [-0.2, 0) is 0 Å². The Hall–Kier alpha value is -2.09. The second kappa shape index (κ2) is 6.99. The van der Waals surface area contributed by atoms with E-state index in [0.29, 0.717) is 5.69 Å². The Morgan fingerprint density at radius 1 is 1.30 bits per heavy atom. The molecule has 0 saturated heterocycles. The van der Waals surface area contributed by atoms with Crippen molar-refractivity contribution < 1.29 is 13.9 Å². The molecule has 1 amide bonds. The molecule has 1 aliphatic carbocycles. The molecule has 0 aromatic carbocycles. The van der Waals surface area contributed by atoms with Crippen LogP contribution in [0.1, 0.15) is 41.2 Å². The van der Waals surface area contributed by atoms with Crippen LogP contribution in [0.4, 0.5) is 4.39 Å². The third kappa shape index (κ3) is 4.22. The topological polar surface area (TPSA) is 77.0 Å². The van der Waals surface area contributed by atoms with E-state index in [0.717, 1.165) is 43.1 Å². The summed E-state index contributed by atoms with van der Waals surface area (Å²) in [7, 11) is 0. The van der Waals surface area contributed by atoms with Crippen LogP contribution in [0.15, 0.2) is 17.8 Å². The Morgan fingerprint density at radius 3 is 2.61 bits per heavy atom. The maximum atomic E-state index is 12.8. The van der Waals surface area contributed by atoms with Gasteiger partial charge in [0.2, 0.25) is 0 Å². The van der Waals surface area contributed by atoms with Gasteiger partial charge in [0.25, 0.3) is 5.91 Å². The van der Waals surface area contributed by atoms with Crippen LogP contribution in [0.25, 0.3) is 0 Å². The highest BCUT2D eigenvalue weighted by molar-refractivity contribution is 7.09. The molecule has 0 spiro atoms. The molecular formula is C15H17FN4O2S. The van der Waals surface area contributed by atoms with Crippen LogP contribution in [0.3, 0.4) is 0 Å². The predicted octanol–water partition coefficient (Wildman–Crippen LogP) is 2.50. The Kier molecular flexibility index (Phi) is 4.80. The zero-order chi connectivity index (χ0) is 16.2. The lowest BCUT2D eigenvalue weighted by molar-refractivity contribution is 0.0880. The standard InChI is InChI=1S/C15H17FN4O2S/c1-9-19-13(8-23-9)14(21)20-11-2-4-12(5-3-11)22-15-17-6-10(16)7-18-15/h6-8,11-12H,2-5H2,1H3,(H,20,21). The van der Waals surface area contributed by atoms with Crippen LogP contribution in [0.5, 0.6) is 6.01 Å². The van der Waals surface area contributed by atoms with Crippen molar-refractivity contribution in [1.29, 1.82) is 0 Å². The number of amides is 1. The Balaban J connectivity index is 1.46. The first-order chi connectivity index (χ1) is 11.1. The van der Waals surface area contributed by atoms with Crippen molar-refractivity contribution in [3.05, 3.63) is 34.3 Å². The summed E-state index contributed by atoms with van der Waals surface area (Å²) in [6.45, 7) is 1.88. The van der Waals surface area contributed by atoms with E-state index in [4.69, 9.17) is 4.74 Å². The van der Waals surface area contributed by atoms with E-state index in [2.05, 4.69) is 20.3 Å². The molecule has 6 nitrogen and oxygen atoms in total. The van der Waals surface area contributed by atoms with Gasteiger partial charge in [-0.25, -0.2) is 19.3 Å². The van der Waals surface area contributed by atoms with Gasteiger partial charge in [-0.2, -0.15) is 0 Å². The first-order valence-corrected chi connectivity index (χ1v) is 8.35. The van der Waals surface area contributed by atoms with Crippen molar-refractivity contribution in [2.45, 2.75) is 44.8 Å². The van der Waals surface area contributed by atoms with Gasteiger partial charge in [0.15, 0.2) is 5.82 Å². The quantitative estimate of drug-likeness (QED) is 0.928. The van der Waals surface area contributed by atoms with E-state index in [-0.39, 0.29) is 24.1 Å². The number of aromatic nitrogens is 3. The molecule has 1 aliphatic rings. The lowest BCUT2D eigenvalue weighted by Gasteiger charge is -2.28. The Morgan fingerprint density at radius 2 is 2.00 bits per heavy atom. The van der Waals surface area contributed by atoms with Crippen LogP contribution in [-0.4, -0.2) is 33.0 Å². The second-order valence-corrected chi connectivity index (χ2v) is 6.56. The monoisotopic (exact) mass is 336 g/mol. The number of hydrogen-bond donors (Lipinski definition) is 1. The number of rotatable bonds is 4. The molecule has 3 rings (SSSR count). The molecule has 0 bridgehead atoms. The third-order valence-electron chi connectivity index (χ3n) is 3.73. The zero-order valence-electron chi connectivity index (χ0n) is 12.7. The summed E-state index contributed by atoms with van der Waals surface area (Å²) in [6.07, 6.45) is 5.40. The number of halogens is 1. The maximum Gasteiger partial charge on any atom is 0.316 e. The van der Waals surface area contributed by atoms with E-state index >= 15 is 0 Å². The molecule has 0 unspecified atom stereocenters. The minimum Gasteiger partial charge on any atom is -0.460 e. The average Bonchev–Trinajstić information content (AvgIpc) is 2.98. The first kappa shape index (κ1) is 15.8. The van der Waals surface area contributed by atoms with E-state index in [1.807, 2.05) is 6.92 Å². The summed E-state index contributed by atoms with van der Waals surface area (Å²) in [5.41, 5.74) is 0.477. The van der Waals surface area contributed by atoms with Crippen LogP contribution >= 0.6 is 11.3 Å². The van der Waals surface area contributed by atoms with E-state index in [1.165, 1.54) is 11.3 Å². The number of aryl methyl sites for hydroxylation is 1. The van der Waals surface area contributed by atoms with Gasteiger partial charge in [-0.1, -0.05) is 0 Å². The summed E-state index contributed by atoms with van der Waals surface area (Å²) in [4.78, 5) is 23.9. The fourth-order valence-electron chi connectivity index (χ4n) is 2.56. The van der Waals surface area contributed by atoms with Gasteiger partial charge in [0.05, 0.1) is 17.4 Å². The summed E-state index contributed by atoms with van der Waals surface area (Å²) >= 11 is 1.46. The SMILES string of the molecule is Cc1nc(C(=O)NC2CCC(Oc3ncc(F)cn3)CC2)cs1. The molecule has 2 heterocycles. The van der Waals surface area contributed by atoms with Gasteiger partial charge in [-0.05, 0) is 32.6 Å². The highest BCUT2D eigenvalue weighted by Gasteiger charge is 2.25. The Bertz CT molecular complexity index is 668. The Labute approximate surface area is 137 Å². The number of ether oxygens (including phenoxy) is 1. The molecule has 0 radical (unpaired) electrons. The first-order valence-electron chi connectivity index (χ1n) is 7.47. The minimum atomic E-state index is -0.485. The molecule has 1 saturated carbocycles. The number of hydrogen-bond acceptors (Lipinski definition) is 6. The molecular weight excluding hydrogens is 319 g/mol. The number of carbonyl (C=O) groups excluding carboxylic acids is 1. The molecule has 1 fully saturated rings. The number of carbonyl (C=O) groups is 1. The summed E-state index contributed by atoms with van der Waals surface area (Å²) in [5.74, 6) is -0.610. The van der Waals surface area contributed by atoms with Crippen molar-refractivity contribution in [3.8, 4) is 6.01 Å². The van der Waals surface area contributed by atoms with E-state index in [9.17, 15) is 9.18 Å². The fourth-order valence-corrected chi connectivity index (χ4v) is 3.16. The average molecular weight is 336 g/mol. The van der Waals surface area contributed by atoms with Gasteiger partial charge in [-0.15, -0.1) is 11.3 Å². The predicted molar refractivity (Wildman–Crippen MR) is 83.0 cm³/mol. The maximum absolute atomic E-state index is 12.8. The van der Waals surface area contributed by atoms with Crippen molar-refractivity contribution in [3.63, 3.8) is 0 Å². The van der Waals surface area contributed by atoms with Crippen molar-refractivity contribution in [1.82, 2.24) is 20.3 Å². The summed E-state index contributed by atoms with van der Waals surface area (Å²) < 4.78 is 18.4. The van der Waals surface area contributed by atoms with Crippen molar-refractivity contribution in [2.24, 2.45) is 0 Å². The van der Waals surface area contributed by atoms with Gasteiger partial charge in [-0.3, -0.25) is 4.79 Å². The van der Waals surface area contributed by atoms with Crippen molar-refractivity contribution in [2.75, 3.05) is 0 Å². The second-order valence-electron chi connectivity index (χ2n) is 5.50. The van der Waals surface area contributed by atoms with Crippen molar-refractivity contribution >= 4 is 17.2 Å². The van der Waals surface area contributed by atoms with Gasteiger partial charge >= 0.3 is 6.01 Å². The summed E-state index contributed by atoms with van der Waals surface area (Å²) in [5, 5.41) is 5.66. The molecule has 122 valence electrons. The van der Waals surface area contributed by atoms with E-state index in [1.54, 1.807) is 5.38 Å². The molecule has 0 atom stereocenters. The lowest BCUT2D eigenvalue weighted by atomic mass is 9.93. The third-order valence-corrected chi connectivity index (χ3v) is 4.50. The van der Waals surface area contributed by atoms with Crippen LogP contribution < -0.4 is 10.1 Å². The van der Waals surface area contributed by atoms with Crippen LogP contribution in [0, 0.1) is 12.7 Å². The normalized spacial score (nSPS) is 21.0. The zero-order valence-corrected chi connectivity index (χ0v) is 13.5.